The average molecular weight is 446 g/mol. The van der Waals surface area contributed by atoms with Crippen molar-refractivity contribution < 1.29 is 4.79 Å². The van der Waals surface area contributed by atoms with Crippen LogP contribution in [-0.4, -0.2) is 33.6 Å². The summed E-state index contributed by atoms with van der Waals surface area (Å²) in [5.74, 6) is 2.64. The van der Waals surface area contributed by atoms with Gasteiger partial charge in [0.1, 0.15) is 5.65 Å². The van der Waals surface area contributed by atoms with Gasteiger partial charge in [0.05, 0.1) is 27.7 Å². The molecule has 1 aliphatic heterocycles. The number of carbonyl (C=O) groups excluding carboxylic acids is 1. The number of benzene rings is 1. The molecule has 1 amide bonds. The van der Waals surface area contributed by atoms with Gasteiger partial charge >= 0.3 is 0 Å². The molecule has 0 atom stereocenters. The summed E-state index contributed by atoms with van der Waals surface area (Å²) in [5.41, 5.74) is 2.89. The molecule has 0 radical (unpaired) electrons. The van der Waals surface area contributed by atoms with E-state index in [1.807, 2.05) is 22.7 Å². The highest BCUT2D eigenvalue weighted by atomic mass is 16.2. The molecule has 5 fully saturated rings. The Kier molecular flexibility index (Phi) is 4.29. The molecule has 2 aromatic heterocycles. The van der Waals surface area contributed by atoms with Gasteiger partial charge in [0.15, 0.2) is 0 Å². The van der Waals surface area contributed by atoms with Crippen LogP contribution in [0.3, 0.4) is 0 Å². The first-order valence-electron chi connectivity index (χ1n) is 12.6. The van der Waals surface area contributed by atoms with E-state index in [0.29, 0.717) is 11.6 Å². The Morgan fingerprint density at radius 1 is 1.06 bits per heavy atom. The summed E-state index contributed by atoms with van der Waals surface area (Å²) in [6.45, 7) is 1.90. The van der Waals surface area contributed by atoms with Gasteiger partial charge in [0, 0.05) is 12.0 Å². The molecule has 1 saturated heterocycles. The minimum absolute atomic E-state index is 0.111. The van der Waals surface area contributed by atoms with E-state index in [-0.39, 0.29) is 16.9 Å². The molecule has 7 heteroatoms. The van der Waals surface area contributed by atoms with E-state index < -0.39 is 0 Å². The largest absolute Gasteiger partial charge is 0.325 e. The second kappa shape index (κ2) is 7.16. The van der Waals surface area contributed by atoms with E-state index in [1.165, 1.54) is 19.3 Å². The molecule has 1 aromatic carbocycles. The fourth-order valence-electron chi connectivity index (χ4n) is 7.94. The quantitative estimate of drug-likeness (QED) is 0.572. The van der Waals surface area contributed by atoms with E-state index in [0.717, 1.165) is 85.2 Å². The average Bonchev–Trinajstić information content (AvgIpc) is 3.17. The minimum Gasteiger partial charge on any atom is -0.325 e. The Morgan fingerprint density at radius 2 is 1.76 bits per heavy atom. The zero-order valence-electron chi connectivity index (χ0n) is 18.9. The van der Waals surface area contributed by atoms with Gasteiger partial charge in [-0.2, -0.15) is 5.10 Å². The number of anilines is 1. The third kappa shape index (κ3) is 3.08. The molecule has 3 N–H and O–H groups in total. The van der Waals surface area contributed by atoms with Gasteiger partial charge in [-0.3, -0.25) is 9.59 Å². The Balaban J connectivity index is 1.30. The molecule has 4 aliphatic carbocycles. The molecular formula is C26H31N5O2. The first-order valence-corrected chi connectivity index (χ1v) is 12.6. The molecular weight excluding hydrogens is 414 g/mol. The van der Waals surface area contributed by atoms with E-state index in [2.05, 4.69) is 15.6 Å². The van der Waals surface area contributed by atoms with E-state index >= 15 is 0 Å². The highest BCUT2D eigenvalue weighted by Gasteiger charge is 2.54. The summed E-state index contributed by atoms with van der Waals surface area (Å²) in [5, 5.41) is 12.4. The molecule has 3 aromatic rings. The Bertz CT molecular complexity index is 1280. The van der Waals surface area contributed by atoms with Crippen molar-refractivity contribution in [3.63, 3.8) is 0 Å². The minimum atomic E-state index is -0.215. The van der Waals surface area contributed by atoms with Crippen LogP contribution in [0.25, 0.3) is 16.6 Å². The summed E-state index contributed by atoms with van der Waals surface area (Å²) >= 11 is 0. The Hall–Kier alpha value is -2.67. The monoisotopic (exact) mass is 445 g/mol. The van der Waals surface area contributed by atoms with Crippen molar-refractivity contribution in [2.24, 2.45) is 23.2 Å². The molecule has 33 heavy (non-hydrogen) atoms. The molecule has 3 heterocycles. The first-order chi connectivity index (χ1) is 16.1. The van der Waals surface area contributed by atoms with Crippen LogP contribution in [0.1, 0.15) is 63.0 Å². The summed E-state index contributed by atoms with van der Waals surface area (Å²) < 4.78 is 1.91. The number of nitrogens with one attached hydrogen (secondary N) is 3. The lowest BCUT2D eigenvalue weighted by molar-refractivity contribution is -0.140. The Labute approximate surface area is 192 Å². The fraction of sp³-hybridized carbons (Fsp3) is 0.577. The van der Waals surface area contributed by atoms with Crippen LogP contribution in [0.4, 0.5) is 5.69 Å². The van der Waals surface area contributed by atoms with E-state index in [4.69, 9.17) is 5.10 Å². The third-order valence-electron chi connectivity index (χ3n) is 8.99. The van der Waals surface area contributed by atoms with Crippen LogP contribution in [0.15, 0.2) is 29.1 Å². The number of fused-ring (bicyclic) bond motifs is 3. The van der Waals surface area contributed by atoms with Gasteiger partial charge < -0.3 is 15.6 Å². The van der Waals surface area contributed by atoms with Crippen LogP contribution in [-0.2, 0) is 4.79 Å². The lowest BCUT2D eigenvalue weighted by atomic mass is 9.49. The van der Waals surface area contributed by atoms with Crippen molar-refractivity contribution in [3.05, 3.63) is 40.3 Å². The number of rotatable bonds is 3. The topological polar surface area (TPSA) is 91.3 Å². The highest BCUT2D eigenvalue weighted by Crippen LogP contribution is 2.60. The molecule has 5 aliphatic rings. The van der Waals surface area contributed by atoms with Gasteiger partial charge in [-0.25, -0.2) is 4.52 Å². The van der Waals surface area contributed by atoms with E-state index in [1.54, 1.807) is 6.07 Å². The van der Waals surface area contributed by atoms with Crippen molar-refractivity contribution in [1.29, 1.82) is 0 Å². The molecule has 8 rings (SSSR count). The number of H-pyrrole nitrogens is 1. The lowest BCUT2D eigenvalue weighted by Gasteiger charge is -2.55. The third-order valence-corrected chi connectivity index (χ3v) is 8.99. The van der Waals surface area contributed by atoms with Gasteiger partial charge in [-0.15, -0.1) is 0 Å². The highest BCUT2D eigenvalue weighted by molar-refractivity contribution is 6.08. The van der Waals surface area contributed by atoms with Crippen molar-refractivity contribution in [3.8, 4) is 0 Å². The lowest BCUT2D eigenvalue weighted by Crippen LogP contribution is -2.51. The number of carbonyl (C=O) groups is 1. The fourth-order valence-corrected chi connectivity index (χ4v) is 7.94. The summed E-state index contributed by atoms with van der Waals surface area (Å²) in [6.07, 6.45) is 9.03. The van der Waals surface area contributed by atoms with Crippen molar-refractivity contribution in [2.45, 2.75) is 57.3 Å². The molecule has 0 unspecified atom stereocenters. The van der Waals surface area contributed by atoms with Crippen LogP contribution in [0, 0.1) is 23.2 Å². The SMILES string of the molecule is O=C(Nc1cccc2nn3c(C4CCNCC4)cc(=O)[nH]c3c12)C12CC3CC(CC(C3)C1)C2. The van der Waals surface area contributed by atoms with Crippen LogP contribution in [0.2, 0.25) is 0 Å². The van der Waals surface area contributed by atoms with Gasteiger partial charge in [0.2, 0.25) is 5.91 Å². The van der Waals surface area contributed by atoms with Crippen molar-refractivity contribution >= 4 is 28.1 Å². The smallest absolute Gasteiger partial charge is 0.251 e. The van der Waals surface area contributed by atoms with Crippen LogP contribution < -0.4 is 16.2 Å². The maximum Gasteiger partial charge on any atom is 0.251 e. The molecule has 0 spiro atoms. The van der Waals surface area contributed by atoms with Gasteiger partial charge in [-0.1, -0.05) is 6.07 Å². The number of hydrogen-bond donors (Lipinski definition) is 3. The molecule has 7 nitrogen and oxygen atoms in total. The first kappa shape index (κ1) is 19.8. The predicted molar refractivity (Wildman–Crippen MR) is 127 cm³/mol. The normalized spacial score (nSPS) is 31.5. The number of aromatic amines is 1. The zero-order chi connectivity index (χ0) is 22.2. The Morgan fingerprint density at radius 3 is 2.45 bits per heavy atom. The van der Waals surface area contributed by atoms with Gasteiger partial charge in [-0.05, 0) is 94.3 Å². The number of piperidine rings is 1. The predicted octanol–water partition coefficient (Wildman–Crippen LogP) is 3.80. The molecule has 172 valence electrons. The second-order valence-corrected chi connectivity index (χ2v) is 11.2. The second-order valence-electron chi connectivity index (χ2n) is 11.2. The standard InChI is InChI=1S/C26H31N5O2/c32-22-11-21(18-4-6-27-7-5-18)31-24(29-22)23-19(2-1-3-20(23)30-31)28-25(33)26-12-15-8-16(13-26)10-17(9-15)14-26/h1-3,11,15-18,27H,4-10,12-14H2,(H,28,33)(H,29,32). The van der Waals surface area contributed by atoms with Crippen molar-refractivity contribution in [1.82, 2.24) is 19.9 Å². The summed E-state index contributed by atoms with van der Waals surface area (Å²) in [6, 6.07) is 7.57. The number of nitrogens with zero attached hydrogens (tertiary/aromatic N) is 2. The maximum atomic E-state index is 13.7. The molecule has 4 saturated carbocycles. The number of amides is 1. The summed E-state index contributed by atoms with van der Waals surface area (Å²) in [4.78, 5) is 29.4. The maximum absolute atomic E-state index is 13.7. The van der Waals surface area contributed by atoms with Gasteiger partial charge in [0.25, 0.3) is 5.56 Å². The van der Waals surface area contributed by atoms with E-state index in [9.17, 15) is 9.59 Å². The van der Waals surface area contributed by atoms with Crippen molar-refractivity contribution in [2.75, 3.05) is 18.4 Å². The number of aromatic nitrogens is 3. The zero-order valence-corrected chi connectivity index (χ0v) is 18.9. The number of hydrogen-bond acceptors (Lipinski definition) is 4. The van der Waals surface area contributed by atoms with Crippen LogP contribution in [0.5, 0.6) is 0 Å². The van der Waals surface area contributed by atoms with Crippen LogP contribution >= 0.6 is 0 Å². The summed E-state index contributed by atoms with van der Waals surface area (Å²) in [7, 11) is 0. The molecule has 4 bridgehead atoms.